The van der Waals surface area contributed by atoms with Gasteiger partial charge in [0, 0.05) is 36.9 Å². The number of anilines is 2. The summed E-state index contributed by atoms with van der Waals surface area (Å²) in [6.45, 7) is 9.67. The van der Waals surface area contributed by atoms with Crippen molar-refractivity contribution in [1.82, 2.24) is 4.90 Å². The molecule has 0 radical (unpaired) electrons. The van der Waals surface area contributed by atoms with Gasteiger partial charge in [0.05, 0.1) is 0 Å². The highest BCUT2D eigenvalue weighted by atomic mass is 16.1. The number of aryl methyl sites for hydroxylation is 1. The summed E-state index contributed by atoms with van der Waals surface area (Å²) in [5.41, 5.74) is 3.24. The van der Waals surface area contributed by atoms with Crippen LogP contribution in [0.5, 0.6) is 0 Å². The molecule has 0 bridgehead atoms. The van der Waals surface area contributed by atoms with Gasteiger partial charge in [0.15, 0.2) is 0 Å². The lowest BCUT2D eigenvalue weighted by atomic mass is 10.0. The Bertz CT molecular complexity index is 479. The van der Waals surface area contributed by atoms with Crippen molar-refractivity contribution in [2.75, 3.05) is 30.3 Å². The predicted octanol–water partition coefficient (Wildman–Crippen LogP) is 3.24. The lowest BCUT2D eigenvalue weighted by molar-refractivity contribution is -0.115. The maximum Gasteiger partial charge on any atom is 0.224 e. The molecule has 2 rings (SSSR count). The van der Waals surface area contributed by atoms with Crippen LogP contribution in [0.1, 0.15) is 38.7 Å². The Balaban J connectivity index is 1.99. The SMILES string of the molecule is CCC(=O)Nc1ccc(C)c(NC2CCN(CC)CC2)c1. The van der Waals surface area contributed by atoms with E-state index in [2.05, 4.69) is 41.5 Å². The molecule has 116 valence electrons. The molecule has 1 aromatic rings. The third kappa shape index (κ3) is 4.46. The minimum Gasteiger partial charge on any atom is -0.382 e. The molecule has 1 fully saturated rings. The molecule has 0 unspecified atom stereocenters. The average Bonchev–Trinajstić information content (AvgIpc) is 2.51. The Kier molecular flexibility index (Phi) is 5.62. The van der Waals surface area contributed by atoms with Crippen LogP contribution >= 0.6 is 0 Å². The van der Waals surface area contributed by atoms with E-state index in [-0.39, 0.29) is 5.91 Å². The molecule has 1 aliphatic heterocycles. The minimum atomic E-state index is 0.0565. The molecule has 1 aromatic carbocycles. The maximum atomic E-state index is 11.5. The number of benzene rings is 1. The third-order valence-corrected chi connectivity index (χ3v) is 4.24. The van der Waals surface area contributed by atoms with E-state index in [1.807, 2.05) is 13.0 Å². The summed E-state index contributed by atoms with van der Waals surface area (Å²) < 4.78 is 0. The molecule has 0 spiro atoms. The van der Waals surface area contributed by atoms with E-state index in [0.717, 1.165) is 17.9 Å². The number of carbonyl (C=O) groups excluding carboxylic acids is 1. The Morgan fingerprint density at radius 2 is 2.00 bits per heavy atom. The molecule has 0 aliphatic carbocycles. The molecular weight excluding hydrogens is 262 g/mol. The van der Waals surface area contributed by atoms with Crippen LogP contribution in [-0.2, 0) is 4.79 Å². The van der Waals surface area contributed by atoms with Crippen molar-refractivity contribution in [3.05, 3.63) is 23.8 Å². The predicted molar refractivity (Wildman–Crippen MR) is 88.9 cm³/mol. The lowest BCUT2D eigenvalue weighted by Crippen LogP contribution is -2.38. The first-order valence-corrected chi connectivity index (χ1v) is 8.01. The van der Waals surface area contributed by atoms with E-state index in [1.54, 1.807) is 0 Å². The topological polar surface area (TPSA) is 44.4 Å². The van der Waals surface area contributed by atoms with Gasteiger partial charge in [0.1, 0.15) is 0 Å². The fourth-order valence-electron chi connectivity index (χ4n) is 2.72. The minimum absolute atomic E-state index is 0.0565. The van der Waals surface area contributed by atoms with Gasteiger partial charge < -0.3 is 15.5 Å². The number of carbonyl (C=O) groups is 1. The number of hydrogen-bond donors (Lipinski definition) is 2. The quantitative estimate of drug-likeness (QED) is 0.874. The summed E-state index contributed by atoms with van der Waals surface area (Å²) in [4.78, 5) is 14.0. The van der Waals surface area contributed by atoms with Crippen molar-refractivity contribution < 1.29 is 4.79 Å². The number of nitrogens with zero attached hydrogens (tertiary/aromatic N) is 1. The number of rotatable bonds is 5. The van der Waals surface area contributed by atoms with Gasteiger partial charge in [0.2, 0.25) is 5.91 Å². The molecule has 2 N–H and O–H groups in total. The maximum absolute atomic E-state index is 11.5. The molecule has 4 nitrogen and oxygen atoms in total. The molecule has 1 amide bonds. The zero-order chi connectivity index (χ0) is 15.2. The van der Waals surface area contributed by atoms with Crippen molar-refractivity contribution >= 4 is 17.3 Å². The van der Waals surface area contributed by atoms with Crippen LogP contribution < -0.4 is 10.6 Å². The van der Waals surface area contributed by atoms with Crippen LogP contribution in [0.25, 0.3) is 0 Å². The fourth-order valence-corrected chi connectivity index (χ4v) is 2.72. The van der Waals surface area contributed by atoms with Crippen LogP contribution in [0.15, 0.2) is 18.2 Å². The molecule has 0 aromatic heterocycles. The van der Waals surface area contributed by atoms with E-state index >= 15 is 0 Å². The Morgan fingerprint density at radius 3 is 2.62 bits per heavy atom. The van der Waals surface area contributed by atoms with Crippen molar-refractivity contribution in [2.45, 2.75) is 46.1 Å². The first kappa shape index (κ1) is 15.8. The van der Waals surface area contributed by atoms with Gasteiger partial charge in [-0.15, -0.1) is 0 Å². The number of amides is 1. The highest BCUT2D eigenvalue weighted by Crippen LogP contribution is 2.23. The molecule has 1 saturated heterocycles. The van der Waals surface area contributed by atoms with Crippen LogP contribution in [0.3, 0.4) is 0 Å². The first-order valence-electron chi connectivity index (χ1n) is 8.01. The summed E-state index contributed by atoms with van der Waals surface area (Å²) in [5.74, 6) is 0.0565. The molecule has 4 heteroatoms. The van der Waals surface area contributed by atoms with Crippen LogP contribution in [0, 0.1) is 6.92 Å². The summed E-state index contributed by atoms with van der Waals surface area (Å²) in [5, 5.41) is 6.57. The third-order valence-electron chi connectivity index (χ3n) is 4.24. The standard InChI is InChI=1S/C17H27N3O/c1-4-17(21)19-15-7-6-13(3)16(12-15)18-14-8-10-20(5-2)11-9-14/h6-7,12,14,18H,4-5,8-11H2,1-3H3,(H,19,21). The largest absolute Gasteiger partial charge is 0.382 e. The molecule has 21 heavy (non-hydrogen) atoms. The monoisotopic (exact) mass is 289 g/mol. The van der Waals surface area contributed by atoms with Crippen LogP contribution in [-0.4, -0.2) is 36.5 Å². The summed E-state index contributed by atoms with van der Waals surface area (Å²) in [6, 6.07) is 6.61. The Labute approximate surface area is 127 Å². The van der Waals surface area contributed by atoms with Crippen LogP contribution in [0.2, 0.25) is 0 Å². The smallest absolute Gasteiger partial charge is 0.224 e. The van der Waals surface area contributed by atoms with Gasteiger partial charge in [0.25, 0.3) is 0 Å². The van der Waals surface area contributed by atoms with E-state index in [9.17, 15) is 4.79 Å². The van der Waals surface area contributed by atoms with Gasteiger partial charge in [-0.05, 0) is 44.0 Å². The van der Waals surface area contributed by atoms with E-state index < -0.39 is 0 Å². The van der Waals surface area contributed by atoms with Crippen molar-refractivity contribution in [3.8, 4) is 0 Å². The summed E-state index contributed by atoms with van der Waals surface area (Å²) in [6.07, 6.45) is 2.86. The Morgan fingerprint density at radius 1 is 1.29 bits per heavy atom. The highest BCUT2D eigenvalue weighted by molar-refractivity contribution is 5.91. The first-order chi connectivity index (χ1) is 10.1. The number of hydrogen-bond acceptors (Lipinski definition) is 3. The highest BCUT2D eigenvalue weighted by Gasteiger charge is 2.18. The lowest BCUT2D eigenvalue weighted by Gasteiger charge is -2.32. The van der Waals surface area contributed by atoms with Crippen molar-refractivity contribution in [2.24, 2.45) is 0 Å². The molecule has 1 aliphatic rings. The van der Waals surface area contributed by atoms with Crippen molar-refractivity contribution in [1.29, 1.82) is 0 Å². The number of likely N-dealkylation sites (tertiary alicyclic amines) is 1. The summed E-state index contributed by atoms with van der Waals surface area (Å²) in [7, 11) is 0. The van der Waals surface area contributed by atoms with Gasteiger partial charge in [-0.1, -0.05) is 19.9 Å². The van der Waals surface area contributed by atoms with Crippen molar-refractivity contribution in [3.63, 3.8) is 0 Å². The average molecular weight is 289 g/mol. The molecular formula is C17H27N3O. The van der Waals surface area contributed by atoms with Crippen LogP contribution in [0.4, 0.5) is 11.4 Å². The number of piperidine rings is 1. The van der Waals surface area contributed by atoms with Gasteiger partial charge in [-0.2, -0.15) is 0 Å². The normalized spacial score (nSPS) is 16.7. The fraction of sp³-hybridized carbons (Fsp3) is 0.588. The Hall–Kier alpha value is -1.55. The molecule has 0 atom stereocenters. The van der Waals surface area contributed by atoms with Gasteiger partial charge in [-0.25, -0.2) is 0 Å². The van der Waals surface area contributed by atoms with E-state index in [1.165, 1.54) is 31.5 Å². The zero-order valence-electron chi connectivity index (χ0n) is 13.4. The van der Waals surface area contributed by atoms with Gasteiger partial charge >= 0.3 is 0 Å². The molecule has 0 saturated carbocycles. The molecule has 1 heterocycles. The summed E-state index contributed by atoms with van der Waals surface area (Å²) >= 11 is 0. The second-order valence-corrected chi connectivity index (χ2v) is 5.78. The number of nitrogens with one attached hydrogen (secondary N) is 2. The van der Waals surface area contributed by atoms with Gasteiger partial charge in [-0.3, -0.25) is 4.79 Å². The van der Waals surface area contributed by atoms with E-state index in [4.69, 9.17) is 0 Å². The second-order valence-electron chi connectivity index (χ2n) is 5.78. The van der Waals surface area contributed by atoms with E-state index in [0.29, 0.717) is 12.5 Å². The second kappa shape index (κ2) is 7.46. The zero-order valence-corrected chi connectivity index (χ0v) is 13.4.